The highest BCUT2D eigenvalue weighted by Crippen LogP contribution is 2.22. The SMILES string of the molecule is N.O=CN(c1ccccc1)c1ccccc1. The quantitative estimate of drug-likeness (QED) is 0.798. The van der Waals surface area contributed by atoms with Crippen LogP contribution >= 0.6 is 0 Å². The molecule has 16 heavy (non-hydrogen) atoms. The molecule has 2 rings (SSSR count). The number of amides is 1. The van der Waals surface area contributed by atoms with Crippen molar-refractivity contribution in [1.82, 2.24) is 6.15 Å². The lowest BCUT2D eigenvalue weighted by Crippen LogP contribution is -2.13. The van der Waals surface area contributed by atoms with Crippen molar-refractivity contribution < 1.29 is 4.79 Å². The summed E-state index contributed by atoms with van der Waals surface area (Å²) in [6.45, 7) is 0. The van der Waals surface area contributed by atoms with E-state index in [1.54, 1.807) is 4.90 Å². The summed E-state index contributed by atoms with van der Waals surface area (Å²) >= 11 is 0. The van der Waals surface area contributed by atoms with Crippen molar-refractivity contribution in [1.29, 1.82) is 0 Å². The topological polar surface area (TPSA) is 55.3 Å². The fraction of sp³-hybridized carbons (Fsp3) is 0. The molecule has 0 aromatic heterocycles. The van der Waals surface area contributed by atoms with Gasteiger partial charge in [-0.15, -0.1) is 0 Å². The van der Waals surface area contributed by atoms with Crippen molar-refractivity contribution in [3.8, 4) is 0 Å². The van der Waals surface area contributed by atoms with Crippen LogP contribution in [0, 0.1) is 0 Å². The van der Waals surface area contributed by atoms with Crippen LogP contribution in [0.1, 0.15) is 0 Å². The zero-order valence-electron chi connectivity index (χ0n) is 8.91. The molecule has 0 saturated carbocycles. The minimum absolute atomic E-state index is 0. The summed E-state index contributed by atoms with van der Waals surface area (Å²) in [7, 11) is 0. The van der Waals surface area contributed by atoms with Gasteiger partial charge in [-0.05, 0) is 24.3 Å². The molecular formula is C13H14N2O. The van der Waals surface area contributed by atoms with Crippen molar-refractivity contribution in [3.63, 3.8) is 0 Å². The van der Waals surface area contributed by atoms with Crippen LogP contribution in [0.25, 0.3) is 0 Å². The zero-order valence-corrected chi connectivity index (χ0v) is 8.91. The first kappa shape index (κ1) is 11.9. The molecule has 3 nitrogen and oxygen atoms in total. The Balaban J connectivity index is 0.00000128. The van der Waals surface area contributed by atoms with Crippen molar-refractivity contribution in [2.24, 2.45) is 0 Å². The summed E-state index contributed by atoms with van der Waals surface area (Å²) < 4.78 is 0. The van der Waals surface area contributed by atoms with E-state index in [-0.39, 0.29) is 6.15 Å². The first-order chi connectivity index (χ1) is 7.42. The van der Waals surface area contributed by atoms with Crippen LogP contribution in [-0.2, 0) is 4.79 Å². The Labute approximate surface area is 94.9 Å². The predicted molar refractivity (Wildman–Crippen MR) is 66.1 cm³/mol. The van der Waals surface area contributed by atoms with E-state index in [0.717, 1.165) is 17.8 Å². The molecule has 0 saturated heterocycles. The smallest absolute Gasteiger partial charge is 0.218 e. The first-order valence-electron chi connectivity index (χ1n) is 4.76. The lowest BCUT2D eigenvalue weighted by Gasteiger charge is -2.16. The van der Waals surface area contributed by atoms with Crippen LogP contribution in [0.3, 0.4) is 0 Å². The molecule has 0 unspecified atom stereocenters. The highest BCUT2D eigenvalue weighted by molar-refractivity contribution is 5.86. The number of rotatable bonds is 3. The largest absolute Gasteiger partial charge is 0.344 e. The molecule has 0 heterocycles. The van der Waals surface area contributed by atoms with Crippen molar-refractivity contribution in [2.75, 3.05) is 4.90 Å². The number of hydrogen-bond acceptors (Lipinski definition) is 2. The second-order valence-electron chi connectivity index (χ2n) is 3.15. The lowest BCUT2D eigenvalue weighted by molar-refractivity contribution is -0.106. The van der Waals surface area contributed by atoms with E-state index >= 15 is 0 Å². The van der Waals surface area contributed by atoms with Gasteiger partial charge in [-0.1, -0.05) is 36.4 Å². The molecule has 2 aromatic carbocycles. The molecule has 0 spiro atoms. The molecule has 82 valence electrons. The molecule has 0 radical (unpaired) electrons. The molecule has 0 aliphatic carbocycles. The number of nitrogens with zero attached hydrogens (tertiary/aromatic N) is 1. The number of carbonyl (C=O) groups excluding carboxylic acids is 1. The Bertz CT molecular complexity index is 389. The number of para-hydroxylation sites is 2. The van der Waals surface area contributed by atoms with Gasteiger partial charge in [-0.2, -0.15) is 0 Å². The average molecular weight is 214 g/mol. The summed E-state index contributed by atoms with van der Waals surface area (Å²) in [4.78, 5) is 12.6. The number of hydrogen-bond donors (Lipinski definition) is 1. The van der Waals surface area contributed by atoms with Gasteiger partial charge in [0.05, 0.1) is 0 Å². The summed E-state index contributed by atoms with van der Waals surface area (Å²) in [5.74, 6) is 0. The Morgan fingerprint density at radius 2 is 1.12 bits per heavy atom. The van der Waals surface area contributed by atoms with Gasteiger partial charge in [0.15, 0.2) is 0 Å². The molecule has 0 atom stereocenters. The Hall–Kier alpha value is -2.13. The first-order valence-corrected chi connectivity index (χ1v) is 4.76. The highest BCUT2D eigenvalue weighted by Gasteiger charge is 2.05. The highest BCUT2D eigenvalue weighted by atomic mass is 16.1. The van der Waals surface area contributed by atoms with Crippen molar-refractivity contribution in [3.05, 3.63) is 60.7 Å². The lowest BCUT2D eigenvalue weighted by atomic mass is 10.2. The fourth-order valence-electron chi connectivity index (χ4n) is 1.45. The predicted octanol–water partition coefficient (Wildman–Crippen LogP) is 3.14. The summed E-state index contributed by atoms with van der Waals surface area (Å²) in [6, 6.07) is 19.1. The van der Waals surface area contributed by atoms with E-state index in [0.29, 0.717) is 0 Å². The van der Waals surface area contributed by atoms with Gasteiger partial charge >= 0.3 is 0 Å². The number of benzene rings is 2. The fourth-order valence-corrected chi connectivity index (χ4v) is 1.45. The Kier molecular flexibility index (Phi) is 4.24. The van der Waals surface area contributed by atoms with Gasteiger partial charge in [0.25, 0.3) is 0 Å². The molecule has 0 bridgehead atoms. The van der Waals surface area contributed by atoms with Gasteiger partial charge in [-0.3, -0.25) is 9.69 Å². The monoisotopic (exact) mass is 214 g/mol. The van der Waals surface area contributed by atoms with Crippen LogP contribution in [0.15, 0.2) is 60.7 Å². The standard InChI is InChI=1S/C13H11NO.H3N/c15-11-14(12-7-3-1-4-8-12)13-9-5-2-6-10-13;/h1-11H;1H3. The third kappa shape index (κ3) is 2.46. The molecule has 0 aliphatic rings. The zero-order chi connectivity index (χ0) is 10.5. The Morgan fingerprint density at radius 1 is 0.750 bits per heavy atom. The van der Waals surface area contributed by atoms with E-state index in [9.17, 15) is 4.79 Å². The van der Waals surface area contributed by atoms with Gasteiger partial charge in [-0.25, -0.2) is 0 Å². The van der Waals surface area contributed by atoms with Crippen LogP contribution < -0.4 is 11.1 Å². The maximum absolute atomic E-state index is 11.0. The third-order valence-electron chi connectivity index (χ3n) is 2.17. The normalized spacial score (nSPS) is 9.00. The maximum Gasteiger partial charge on any atom is 0.218 e. The van der Waals surface area contributed by atoms with E-state index in [1.807, 2.05) is 60.7 Å². The van der Waals surface area contributed by atoms with E-state index in [2.05, 4.69) is 0 Å². The number of anilines is 2. The van der Waals surface area contributed by atoms with Crippen LogP contribution in [0.2, 0.25) is 0 Å². The Morgan fingerprint density at radius 3 is 1.44 bits per heavy atom. The van der Waals surface area contributed by atoms with E-state index in [4.69, 9.17) is 0 Å². The molecule has 1 amide bonds. The van der Waals surface area contributed by atoms with Gasteiger partial charge in [0, 0.05) is 11.4 Å². The molecule has 3 heteroatoms. The van der Waals surface area contributed by atoms with Crippen LogP contribution in [-0.4, -0.2) is 6.41 Å². The van der Waals surface area contributed by atoms with E-state index in [1.165, 1.54) is 0 Å². The second-order valence-corrected chi connectivity index (χ2v) is 3.15. The van der Waals surface area contributed by atoms with Crippen LogP contribution in [0.5, 0.6) is 0 Å². The molecule has 2 aromatic rings. The molecular weight excluding hydrogens is 200 g/mol. The van der Waals surface area contributed by atoms with Gasteiger partial charge in [0.2, 0.25) is 6.41 Å². The van der Waals surface area contributed by atoms with Crippen molar-refractivity contribution >= 4 is 17.8 Å². The molecule has 0 aliphatic heterocycles. The third-order valence-corrected chi connectivity index (χ3v) is 2.17. The molecule has 3 N–H and O–H groups in total. The minimum atomic E-state index is 0. The summed E-state index contributed by atoms with van der Waals surface area (Å²) in [5.41, 5.74) is 1.75. The van der Waals surface area contributed by atoms with Crippen LogP contribution in [0.4, 0.5) is 11.4 Å². The summed E-state index contributed by atoms with van der Waals surface area (Å²) in [6.07, 6.45) is 0.824. The van der Waals surface area contributed by atoms with Gasteiger partial charge in [0.1, 0.15) is 0 Å². The second kappa shape index (κ2) is 5.68. The van der Waals surface area contributed by atoms with Crippen molar-refractivity contribution in [2.45, 2.75) is 0 Å². The molecule has 0 fully saturated rings. The minimum Gasteiger partial charge on any atom is -0.344 e. The summed E-state index contributed by atoms with van der Waals surface area (Å²) in [5, 5.41) is 0. The number of carbonyl (C=O) groups is 1. The average Bonchev–Trinajstić information content (AvgIpc) is 2.33. The van der Waals surface area contributed by atoms with E-state index < -0.39 is 0 Å². The van der Waals surface area contributed by atoms with Gasteiger partial charge < -0.3 is 6.15 Å². The maximum atomic E-state index is 11.0.